The molecule has 0 atom stereocenters. The summed E-state index contributed by atoms with van der Waals surface area (Å²) in [6.45, 7) is 4.40. The van der Waals surface area contributed by atoms with E-state index in [1.807, 2.05) is 42.5 Å². The number of nitrogens with two attached hydrogens (primary N) is 1. The first-order valence-electron chi connectivity index (χ1n) is 11.7. The van der Waals surface area contributed by atoms with E-state index in [9.17, 15) is 0 Å². The molecule has 0 radical (unpaired) electrons. The third-order valence-electron chi connectivity index (χ3n) is 5.05. The molecule has 5 N–H and O–H groups in total. The van der Waals surface area contributed by atoms with Crippen LogP contribution >= 0.6 is 15.9 Å². The number of hydrogen-bond acceptors (Lipinski definition) is 11. The van der Waals surface area contributed by atoms with Crippen LogP contribution in [0, 0.1) is 0 Å². The first-order valence-corrected chi connectivity index (χ1v) is 12.4. The second-order valence-corrected chi connectivity index (χ2v) is 8.68. The lowest BCUT2D eigenvalue weighted by Crippen LogP contribution is -2.17. The fourth-order valence-electron chi connectivity index (χ4n) is 3.27. The van der Waals surface area contributed by atoms with Crippen molar-refractivity contribution in [2.45, 2.75) is 13.1 Å². The lowest BCUT2D eigenvalue weighted by molar-refractivity contribution is 0.0547. The van der Waals surface area contributed by atoms with Crippen LogP contribution < -0.4 is 31.2 Å². The maximum absolute atomic E-state index is 5.56. The molecule has 0 saturated heterocycles. The first-order chi connectivity index (χ1) is 17.7. The highest BCUT2D eigenvalue weighted by atomic mass is 79.9. The summed E-state index contributed by atoms with van der Waals surface area (Å²) in [7, 11) is 0. The molecule has 0 saturated carbocycles. The van der Waals surface area contributed by atoms with Gasteiger partial charge in [0.25, 0.3) is 0 Å². The van der Waals surface area contributed by atoms with Crippen molar-refractivity contribution < 1.29 is 18.9 Å². The van der Waals surface area contributed by atoms with Crippen molar-refractivity contribution in [2.75, 3.05) is 62.3 Å². The van der Waals surface area contributed by atoms with Gasteiger partial charge < -0.3 is 40.6 Å². The van der Waals surface area contributed by atoms with E-state index in [2.05, 4.69) is 46.8 Å². The van der Waals surface area contributed by atoms with E-state index >= 15 is 0 Å². The fourth-order valence-corrected chi connectivity index (χ4v) is 3.53. The predicted octanol–water partition coefficient (Wildman–Crippen LogP) is 2.99. The standard InChI is InChI=1S/C24H30BrN7O4/c25-19-4-1-17(2-5-19)14-28-23-30-22(27-8-10-34-12-11-33-9-7-26)31-24(32-23)29-15-18-3-6-20-21(13-18)36-16-35-20/h1-6,13H,7-12,14-16,26H2,(H3,27,28,29,30,31,32). The Morgan fingerprint density at radius 3 is 2.08 bits per heavy atom. The van der Waals surface area contributed by atoms with Crippen molar-refractivity contribution in [2.24, 2.45) is 5.73 Å². The molecule has 0 amide bonds. The van der Waals surface area contributed by atoms with Gasteiger partial charge in [-0.3, -0.25) is 0 Å². The normalized spacial score (nSPS) is 11.9. The van der Waals surface area contributed by atoms with Gasteiger partial charge in [-0.15, -0.1) is 0 Å². The van der Waals surface area contributed by atoms with Gasteiger partial charge in [0.05, 0.1) is 26.4 Å². The average Bonchev–Trinajstić information content (AvgIpc) is 3.37. The molecule has 2 aromatic carbocycles. The van der Waals surface area contributed by atoms with E-state index < -0.39 is 0 Å². The van der Waals surface area contributed by atoms with Crippen LogP contribution in [-0.2, 0) is 22.6 Å². The number of halogens is 1. The summed E-state index contributed by atoms with van der Waals surface area (Å²) in [5.41, 5.74) is 7.52. The van der Waals surface area contributed by atoms with Crippen LogP contribution in [0.4, 0.5) is 17.8 Å². The molecule has 0 bridgehead atoms. The quantitative estimate of drug-likeness (QED) is 0.204. The summed E-state index contributed by atoms with van der Waals surface area (Å²) >= 11 is 3.46. The molecule has 0 aliphatic carbocycles. The van der Waals surface area contributed by atoms with Gasteiger partial charge in [-0.1, -0.05) is 34.1 Å². The topological polar surface area (TPSA) is 138 Å². The zero-order chi connectivity index (χ0) is 25.0. The van der Waals surface area contributed by atoms with Crippen LogP contribution in [0.2, 0.25) is 0 Å². The molecule has 1 aromatic heterocycles. The van der Waals surface area contributed by atoms with E-state index in [0.29, 0.717) is 70.5 Å². The summed E-state index contributed by atoms with van der Waals surface area (Å²) in [6, 6.07) is 13.9. The predicted molar refractivity (Wildman–Crippen MR) is 140 cm³/mol. The number of anilines is 3. The van der Waals surface area contributed by atoms with Crippen molar-refractivity contribution in [3.63, 3.8) is 0 Å². The Balaban J connectivity index is 1.35. The molecule has 12 heteroatoms. The largest absolute Gasteiger partial charge is 0.454 e. The molecule has 0 unspecified atom stereocenters. The van der Waals surface area contributed by atoms with Gasteiger partial charge in [0.1, 0.15) is 0 Å². The molecule has 2 heterocycles. The van der Waals surface area contributed by atoms with Gasteiger partial charge in [-0.2, -0.15) is 15.0 Å². The minimum atomic E-state index is 0.243. The summed E-state index contributed by atoms with van der Waals surface area (Å²) in [6.07, 6.45) is 0. The smallest absolute Gasteiger partial charge is 0.231 e. The van der Waals surface area contributed by atoms with E-state index in [-0.39, 0.29) is 6.79 Å². The number of ether oxygens (including phenoxy) is 4. The van der Waals surface area contributed by atoms with Crippen LogP contribution in [0.5, 0.6) is 11.5 Å². The van der Waals surface area contributed by atoms with E-state index in [4.69, 9.17) is 24.7 Å². The van der Waals surface area contributed by atoms with Crippen molar-refractivity contribution in [3.8, 4) is 11.5 Å². The minimum absolute atomic E-state index is 0.243. The Bertz CT molecular complexity index is 1100. The fraction of sp³-hybridized carbons (Fsp3) is 0.375. The first kappa shape index (κ1) is 25.9. The lowest BCUT2D eigenvalue weighted by atomic mass is 10.2. The summed E-state index contributed by atoms with van der Waals surface area (Å²) in [5, 5.41) is 9.73. The lowest BCUT2D eigenvalue weighted by Gasteiger charge is -2.12. The van der Waals surface area contributed by atoms with Crippen molar-refractivity contribution >= 4 is 33.8 Å². The maximum Gasteiger partial charge on any atom is 0.231 e. The molecule has 3 aromatic rings. The molecule has 192 valence electrons. The number of aromatic nitrogens is 3. The van der Waals surface area contributed by atoms with Crippen LogP contribution in [0.3, 0.4) is 0 Å². The third-order valence-corrected chi connectivity index (χ3v) is 5.58. The number of rotatable bonds is 15. The van der Waals surface area contributed by atoms with E-state index in [0.717, 1.165) is 27.1 Å². The minimum Gasteiger partial charge on any atom is -0.454 e. The highest BCUT2D eigenvalue weighted by Crippen LogP contribution is 2.32. The van der Waals surface area contributed by atoms with Gasteiger partial charge in [-0.25, -0.2) is 0 Å². The number of nitrogens with zero attached hydrogens (tertiary/aromatic N) is 3. The average molecular weight is 560 g/mol. The summed E-state index contributed by atoms with van der Waals surface area (Å²) in [5.74, 6) is 2.83. The van der Waals surface area contributed by atoms with Gasteiger partial charge in [0.15, 0.2) is 11.5 Å². The van der Waals surface area contributed by atoms with Crippen LogP contribution in [-0.4, -0.2) is 61.3 Å². The number of benzene rings is 2. The molecule has 36 heavy (non-hydrogen) atoms. The maximum atomic E-state index is 5.56. The molecule has 0 fully saturated rings. The molecule has 1 aliphatic rings. The Kier molecular flexibility index (Phi) is 9.91. The van der Waals surface area contributed by atoms with Crippen molar-refractivity contribution in [1.29, 1.82) is 0 Å². The second kappa shape index (κ2) is 13.8. The van der Waals surface area contributed by atoms with Gasteiger partial charge in [0.2, 0.25) is 24.6 Å². The van der Waals surface area contributed by atoms with Crippen LogP contribution in [0.25, 0.3) is 0 Å². The van der Waals surface area contributed by atoms with Crippen LogP contribution in [0.1, 0.15) is 11.1 Å². The zero-order valence-electron chi connectivity index (χ0n) is 19.8. The number of hydrogen-bond donors (Lipinski definition) is 4. The summed E-state index contributed by atoms with van der Waals surface area (Å²) < 4.78 is 22.7. The Morgan fingerprint density at radius 2 is 1.36 bits per heavy atom. The van der Waals surface area contributed by atoms with Gasteiger partial charge >= 0.3 is 0 Å². The SMILES string of the molecule is NCCOCCOCCNc1nc(NCc2ccc(Br)cc2)nc(NCc2ccc3c(c2)OCO3)n1. The highest BCUT2D eigenvalue weighted by molar-refractivity contribution is 9.10. The second-order valence-electron chi connectivity index (χ2n) is 7.77. The van der Waals surface area contributed by atoms with Crippen molar-refractivity contribution in [3.05, 3.63) is 58.1 Å². The summed E-state index contributed by atoms with van der Waals surface area (Å²) in [4.78, 5) is 13.5. The van der Waals surface area contributed by atoms with E-state index in [1.165, 1.54) is 0 Å². The Morgan fingerprint density at radius 1 is 0.750 bits per heavy atom. The monoisotopic (exact) mass is 559 g/mol. The molecule has 11 nitrogen and oxygen atoms in total. The van der Waals surface area contributed by atoms with E-state index in [1.54, 1.807) is 0 Å². The number of fused-ring (bicyclic) bond motifs is 1. The Hall–Kier alpha value is -3.19. The Labute approximate surface area is 218 Å². The number of nitrogens with one attached hydrogen (secondary N) is 3. The third kappa shape index (κ3) is 8.19. The van der Waals surface area contributed by atoms with Crippen molar-refractivity contribution in [1.82, 2.24) is 15.0 Å². The van der Waals surface area contributed by atoms with Gasteiger partial charge in [0, 0.05) is 30.7 Å². The molecular weight excluding hydrogens is 530 g/mol. The molecule has 4 rings (SSSR count). The highest BCUT2D eigenvalue weighted by Gasteiger charge is 2.13. The zero-order valence-corrected chi connectivity index (χ0v) is 21.4. The molecule has 1 aliphatic heterocycles. The molecule has 0 spiro atoms. The molecular formula is C24H30BrN7O4. The van der Waals surface area contributed by atoms with Crippen LogP contribution in [0.15, 0.2) is 46.9 Å². The van der Waals surface area contributed by atoms with Gasteiger partial charge in [-0.05, 0) is 35.4 Å².